The molecule has 1 aromatic rings. The Kier molecular flexibility index (Phi) is 2.97. The maximum Gasteiger partial charge on any atom is 0.416 e. The van der Waals surface area contributed by atoms with Gasteiger partial charge in [-0.3, -0.25) is 4.79 Å². The summed E-state index contributed by atoms with van der Waals surface area (Å²) in [6.07, 6.45) is -5.52. The minimum atomic E-state index is -4.67. The summed E-state index contributed by atoms with van der Waals surface area (Å²) in [6.45, 7) is 0. The number of rotatable bonds is 2. The Labute approximate surface area is 82.1 Å². The van der Waals surface area contributed by atoms with Gasteiger partial charge >= 0.3 is 12.1 Å². The predicted molar refractivity (Wildman–Crippen MR) is 42.7 cm³/mol. The van der Waals surface area contributed by atoms with Gasteiger partial charge < -0.3 is 5.11 Å². The summed E-state index contributed by atoms with van der Waals surface area (Å²) in [5.41, 5.74) is -1.69. The maximum absolute atomic E-state index is 12.6. The van der Waals surface area contributed by atoms with Crippen molar-refractivity contribution < 1.29 is 27.5 Å². The number of carbonyl (C=O) groups is 1. The number of benzene rings is 1. The number of carboxylic acid groups (broad SMARTS) is 1. The SMILES string of the molecule is O=C(O)Cc1cc(F)ccc1C(F)(F)F. The largest absolute Gasteiger partial charge is 0.481 e. The van der Waals surface area contributed by atoms with Gasteiger partial charge in [0.1, 0.15) is 5.82 Å². The van der Waals surface area contributed by atoms with Gasteiger partial charge in [0.05, 0.1) is 12.0 Å². The molecule has 0 heterocycles. The zero-order chi connectivity index (χ0) is 11.6. The van der Waals surface area contributed by atoms with E-state index in [4.69, 9.17) is 5.11 Å². The highest BCUT2D eigenvalue weighted by Crippen LogP contribution is 2.32. The molecule has 0 aliphatic carbocycles. The average Bonchev–Trinajstić information content (AvgIpc) is 1.99. The lowest BCUT2D eigenvalue weighted by molar-refractivity contribution is -0.139. The Balaban J connectivity index is 3.20. The summed E-state index contributed by atoms with van der Waals surface area (Å²) >= 11 is 0. The minimum Gasteiger partial charge on any atom is -0.481 e. The first-order chi connectivity index (χ1) is 6.80. The van der Waals surface area contributed by atoms with Crippen molar-refractivity contribution in [1.82, 2.24) is 0 Å². The van der Waals surface area contributed by atoms with Crippen LogP contribution in [0.3, 0.4) is 0 Å². The molecule has 1 aromatic carbocycles. The predicted octanol–water partition coefficient (Wildman–Crippen LogP) is 2.47. The number of alkyl halides is 3. The fourth-order valence-corrected chi connectivity index (χ4v) is 1.15. The second-order valence-electron chi connectivity index (χ2n) is 2.87. The van der Waals surface area contributed by atoms with Crippen molar-refractivity contribution in [2.45, 2.75) is 12.6 Å². The lowest BCUT2D eigenvalue weighted by Gasteiger charge is -2.11. The Bertz CT molecular complexity index is 384. The van der Waals surface area contributed by atoms with E-state index in [1.807, 2.05) is 0 Å². The summed E-state index contributed by atoms with van der Waals surface area (Å²) in [4.78, 5) is 10.3. The molecule has 1 rings (SSSR count). The summed E-state index contributed by atoms with van der Waals surface area (Å²) in [5.74, 6) is -2.33. The van der Waals surface area contributed by atoms with Gasteiger partial charge in [0, 0.05) is 0 Å². The summed E-state index contributed by atoms with van der Waals surface area (Å²) in [5, 5.41) is 8.36. The van der Waals surface area contributed by atoms with E-state index in [0.717, 1.165) is 0 Å². The number of hydrogen-bond donors (Lipinski definition) is 1. The monoisotopic (exact) mass is 222 g/mol. The van der Waals surface area contributed by atoms with Gasteiger partial charge in [-0.05, 0) is 23.8 Å². The molecule has 0 atom stereocenters. The molecule has 0 aromatic heterocycles. The van der Waals surface area contributed by atoms with Gasteiger partial charge in [-0.25, -0.2) is 4.39 Å². The van der Waals surface area contributed by atoms with Crippen LogP contribution in [-0.4, -0.2) is 11.1 Å². The van der Waals surface area contributed by atoms with E-state index in [1.54, 1.807) is 0 Å². The molecular formula is C9H6F4O2. The fourth-order valence-electron chi connectivity index (χ4n) is 1.15. The number of hydrogen-bond acceptors (Lipinski definition) is 1. The molecule has 0 aliphatic heterocycles. The van der Waals surface area contributed by atoms with Crippen LogP contribution in [0.5, 0.6) is 0 Å². The first-order valence-corrected chi connectivity index (χ1v) is 3.88. The average molecular weight is 222 g/mol. The third-order valence-corrected chi connectivity index (χ3v) is 1.71. The summed E-state index contributed by atoms with van der Waals surface area (Å²) in [7, 11) is 0. The smallest absolute Gasteiger partial charge is 0.416 e. The van der Waals surface area contributed by atoms with Crippen LogP contribution in [0.15, 0.2) is 18.2 Å². The van der Waals surface area contributed by atoms with Crippen molar-refractivity contribution in [2.24, 2.45) is 0 Å². The molecule has 82 valence electrons. The van der Waals surface area contributed by atoms with E-state index in [0.29, 0.717) is 18.2 Å². The quantitative estimate of drug-likeness (QED) is 0.780. The van der Waals surface area contributed by atoms with Crippen LogP contribution in [0.4, 0.5) is 17.6 Å². The van der Waals surface area contributed by atoms with Crippen molar-refractivity contribution in [3.63, 3.8) is 0 Å². The number of carboxylic acids is 1. The molecule has 0 saturated carbocycles. The topological polar surface area (TPSA) is 37.3 Å². The molecule has 6 heteroatoms. The normalized spacial score (nSPS) is 11.5. The fraction of sp³-hybridized carbons (Fsp3) is 0.222. The molecule has 0 spiro atoms. The van der Waals surface area contributed by atoms with Crippen molar-refractivity contribution in [3.05, 3.63) is 35.1 Å². The molecule has 0 radical (unpaired) electrons. The number of aliphatic carboxylic acids is 1. The van der Waals surface area contributed by atoms with E-state index < -0.39 is 35.5 Å². The van der Waals surface area contributed by atoms with Crippen LogP contribution >= 0.6 is 0 Å². The van der Waals surface area contributed by atoms with Crippen LogP contribution in [0, 0.1) is 5.82 Å². The van der Waals surface area contributed by atoms with Crippen LogP contribution < -0.4 is 0 Å². The van der Waals surface area contributed by atoms with Gasteiger partial charge in [-0.15, -0.1) is 0 Å². The van der Waals surface area contributed by atoms with E-state index in [1.165, 1.54) is 0 Å². The van der Waals surface area contributed by atoms with Crippen molar-refractivity contribution in [2.75, 3.05) is 0 Å². The zero-order valence-corrected chi connectivity index (χ0v) is 7.31. The van der Waals surface area contributed by atoms with E-state index >= 15 is 0 Å². The standard InChI is InChI=1S/C9H6F4O2/c10-6-1-2-7(9(11,12)13)5(3-6)4-8(14)15/h1-3H,4H2,(H,14,15). The zero-order valence-electron chi connectivity index (χ0n) is 7.31. The number of halogens is 4. The molecule has 15 heavy (non-hydrogen) atoms. The lowest BCUT2D eigenvalue weighted by atomic mass is 10.0. The molecule has 0 aliphatic rings. The Hall–Kier alpha value is -1.59. The van der Waals surface area contributed by atoms with Gasteiger partial charge in [0.2, 0.25) is 0 Å². The van der Waals surface area contributed by atoms with Crippen molar-refractivity contribution in [1.29, 1.82) is 0 Å². The highest BCUT2D eigenvalue weighted by Gasteiger charge is 2.33. The van der Waals surface area contributed by atoms with Crippen molar-refractivity contribution >= 4 is 5.97 Å². The van der Waals surface area contributed by atoms with E-state index in [2.05, 4.69) is 0 Å². The van der Waals surface area contributed by atoms with Gasteiger partial charge in [0.25, 0.3) is 0 Å². The molecule has 2 nitrogen and oxygen atoms in total. The molecule has 0 amide bonds. The Morgan fingerprint density at radius 1 is 1.33 bits per heavy atom. The molecule has 1 N–H and O–H groups in total. The minimum absolute atomic E-state index is 0.535. The van der Waals surface area contributed by atoms with Crippen LogP contribution in [0.1, 0.15) is 11.1 Å². The highest BCUT2D eigenvalue weighted by atomic mass is 19.4. The van der Waals surface area contributed by atoms with Crippen LogP contribution in [0.25, 0.3) is 0 Å². The summed E-state index contributed by atoms with van der Waals surface area (Å²) in [6, 6.07) is 1.76. The molecule has 0 saturated heterocycles. The van der Waals surface area contributed by atoms with E-state index in [-0.39, 0.29) is 0 Å². The van der Waals surface area contributed by atoms with Gasteiger partial charge in [-0.2, -0.15) is 13.2 Å². The Morgan fingerprint density at radius 2 is 1.93 bits per heavy atom. The molecule has 0 fully saturated rings. The summed E-state index contributed by atoms with van der Waals surface area (Å²) < 4.78 is 49.6. The maximum atomic E-state index is 12.6. The van der Waals surface area contributed by atoms with Crippen LogP contribution in [-0.2, 0) is 17.4 Å². The Morgan fingerprint density at radius 3 is 2.40 bits per heavy atom. The van der Waals surface area contributed by atoms with Crippen LogP contribution in [0.2, 0.25) is 0 Å². The second-order valence-corrected chi connectivity index (χ2v) is 2.87. The molecular weight excluding hydrogens is 216 g/mol. The lowest BCUT2D eigenvalue weighted by Crippen LogP contribution is -2.12. The highest BCUT2D eigenvalue weighted by molar-refractivity contribution is 5.70. The molecule has 0 bridgehead atoms. The second kappa shape index (κ2) is 3.88. The molecule has 0 unspecified atom stereocenters. The van der Waals surface area contributed by atoms with Crippen molar-refractivity contribution in [3.8, 4) is 0 Å². The van der Waals surface area contributed by atoms with E-state index in [9.17, 15) is 22.4 Å². The first-order valence-electron chi connectivity index (χ1n) is 3.88. The first kappa shape index (κ1) is 11.5. The third kappa shape index (κ3) is 2.93. The third-order valence-electron chi connectivity index (χ3n) is 1.71. The van der Waals surface area contributed by atoms with Gasteiger partial charge in [-0.1, -0.05) is 0 Å². The van der Waals surface area contributed by atoms with Gasteiger partial charge in [0.15, 0.2) is 0 Å².